The van der Waals surface area contributed by atoms with E-state index in [9.17, 15) is 13.6 Å². The molecular formula is C16H16F2N2O. The second-order valence-electron chi connectivity index (χ2n) is 4.74. The summed E-state index contributed by atoms with van der Waals surface area (Å²) in [6, 6.07) is 7.61. The molecule has 0 bridgehead atoms. The van der Waals surface area contributed by atoms with Crippen LogP contribution in [0.25, 0.3) is 0 Å². The van der Waals surface area contributed by atoms with Crippen LogP contribution in [0.4, 0.5) is 20.2 Å². The van der Waals surface area contributed by atoms with Gasteiger partial charge >= 0.3 is 0 Å². The van der Waals surface area contributed by atoms with E-state index in [0.717, 1.165) is 23.3 Å². The molecule has 0 heterocycles. The summed E-state index contributed by atoms with van der Waals surface area (Å²) in [4.78, 5) is 12.2. The Morgan fingerprint density at radius 2 is 1.95 bits per heavy atom. The SMILES string of the molecule is CCc1cccc(C)c1NC(=O)c1c(F)ccc(N)c1F. The number of para-hydroxylation sites is 1. The van der Waals surface area contributed by atoms with Gasteiger partial charge in [0.15, 0.2) is 5.82 Å². The molecule has 2 aromatic rings. The monoisotopic (exact) mass is 290 g/mol. The molecule has 0 aliphatic rings. The van der Waals surface area contributed by atoms with Crippen LogP contribution in [0.1, 0.15) is 28.4 Å². The number of nitrogens with two attached hydrogens (primary N) is 1. The lowest BCUT2D eigenvalue weighted by Gasteiger charge is -2.14. The van der Waals surface area contributed by atoms with Gasteiger partial charge in [0.05, 0.1) is 5.69 Å². The molecule has 2 rings (SSSR count). The van der Waals surface area contributed by atoms with Crippen LogP contribution in [0.5, 0.6) is 0 Å². The molecule has 2 aromatic carbocycles. The molecule has 21 heavy (non-hydrogen) atoms. The smallest absolute Gasteiger partial charge is 0.261 e. The third-order valence-electron chi connectivity index (χ3n) is 3.33. The van der Waals surface area contributed by atoms with E-state index in [-0.39, 0.29) is 5.69 Å². The zero-order valence-corrected chi connectivity index (χ0v) is 11.8. The predicted octanol–water partition coefficient (Wildman–Crippen LogP) is 3.67. The molecule has 0 radical (unpaired) electrons. The molecular weight excluding hydrogens is 274 g/mol. The predicted molar refractivity (Wildman–Crippen MR) is 79.3 cm³/mol. The number of benzene rings is 2. The van der Waals surface area contributed by atoms with Crippen LogP contribution < -0.4 is 11.1 Å². The van der Waals surface area contributed by atoms with E-state index in [1.807, 2.05) is 32.0 Å². The topological polar surface area (TPSA) is 55.1 Å². The van der Waals surface area contributed by atoms with E-state index < -0.39 is 23.1 Å². The van der Waals surface area contributed by atoms with Gasteiger partial charge in [-0.2, -0.15) is 0 Å². The molecule has 0 atom stereocenters. The number of hydrogen-bond acceptors (Lipinski definition) is 2. The first-order chi connectivity index (χ1) is 9.95. The number of hydrogen-bond donors (Lipinski definition) is 2. The lowest BCUT2D eigenvalue weighted by atomic mass is 10.0. The largest absolute Gasteiger partial charge is 0.396 e. The number of halogens is 2. The van der Waals surface area contributed by atoms with Crippen molar-refractivity contribution in [1.29, 1.82) is 0 Å². The van der Waals surface area contributed by atoms with Crippen LogP contribution in [0.2, 0.25) is 0 Å². The molecule has 0 saturated heterocycles. The van der Waals surface area contributed by atoms with Crippen LogP contribution in [0, 0.1) is 18.6 Å². The first kappa shape index (κ1) is 15.0. The van der Waals surface area contributed by atoms with Crippen LogP contribution in [-0.2, 0) is 6.42 Å². The molecule has 0 saturated carbocycles. The summed E-state index contributed by atoms with van der Waals surface area (Å²) in [5.41, 5.74) is 6.75. The summed E-state index contributed by atoms with van der Waals surface area (Å²) in [5.74, 6) is -2.83. The van der Waals surface area contributed by atoms with E-state index in [4.69, 9.17) is 5.73 Å². The average molecular weight is 290 g/mol. The molecule has 1 amide bonds. The van der Waals surface area contributed by atoms with E-state index in [0.29, 0.717) is 12.1 Å². The Hall–Kier alpha value is -2.43. The number of amides is 1. The van der Waals surface area contributed by atoms with E-state index in [1.165, 1.54) is 0 Å². The summed E-state index contributed by atoms with van der Waals surface area (Å²) in [6.07, 6.45) is 0.694. The van der Waals surface area contributed by atoms with Crippen molar-refractivity contribution in [3.8, 4) is 0 Å². The van der Waals surface area contributed by atoms with Crippen molar-refractivity contribution in [1.82, 2.24) is 0 Å². The highest BCUT2D eigenvalue weighted by molar-refractivity contribution is 6.06. The molecule has 3 nitrogen and oxygen atoms in total. The number of rotatable bonds is 3. The summed E-state index contributed by atoms with van der Waals surface area (Å²) in [7, 11) is 0. The third-order valence-corrected chi connectivity index (χ3v) is 3.33. The second kappa shape index (κ2) is 5.91. The van der Waals surface area contributed by atoms with Gasteiger partial charge in [-0.05, 0) is 36.6 Å². The lowest BCUT2D eigenvalue weighted by molar-refractivity contribution is 0.101. The minimum absolute atomic E-state index is 0.262. The zero-order valence-electron chi connectivity index (χ0n) is 11.8. The molecule has 0 spiro atoms. The fourth-order valence-electron chi connectivity index (χ4n) is 2.15. The van der Waals surface area contributed by atoms with Gasteiger partial charge in [-0.25, -0.2) is 8.78 Å². The quantitative estimate of drug-likeness (QED) is 0.847. The highest BCUT2D eigenvalue weighted by atomic mass is 19.1. The molecule has 3 N–H and O–H groups in total. The van der Waals surface area contributed by atoms with Gasteiger partial charge < -0.3 is 11.1 Å². The molecule has 0 unspecified atom stereocenters. The Balaban J connectivity index is 2.42. The van der Waals surface area contributed by atoms with Crippen LogP contribution in [-0.4, -0.2) is 5.91 Å². The Morgan fingerprint density at radius 1 is 1.24 bits per heavy atom. The molecule has 0 aliphatic heterocycles. The van der Waals surface area contributed by atoms with Gasteiger partial charge in [0, 0.05) is 5.69 Å². The number of aryl methyl sites for hydroxylation is 2. The highest BCUT2D eigenvalue weighted by Crippen LogP contribution is 2.24. The van der Waals surface area contributed by atoms with Gasteiger partial charge in [-0.3, -0.25) is 4.79 Å². The molecule has 5 heteroatoms. The molecule has 0 aromatic heterocycles. The fourth-order valence-corrected chi connectivity index (χ4v) is 2.15. The van der Waals surface area contributed by atoms with Crippen molar-refractivity contribution in [2.75, 3.05) is 11.1 Å². The van der Waals surface area contributed by atoms with Crippen LogP contribution in [0.15, 0.2) is 30.3 Å². The van der Waals surface area contributed by atoms with Gasteiger partial charge in [-0.15, -0.1) is 0 Å². The Labute approximate surface area is 121 Å². The summed E-state index contributed by atoms with van der Waals surface area (Å²) in [6.45, 7) is 3.76. The molecule has 0 fully saturated rings. The van der Waals surface area contributed by atoms with Gasteiger partial charge in [0.1, 0.15) is 11.4 Å². The van der Waals surface area contributed by atoms with Crippen molar-refractivity contribution in [3.05, 3.63) is 58.7 Å². The van der Waals surface area contributed by atoms with Crippen LogP contribution >= 0.6 is 0 Å². The number of nitrogens with one attached hydrogen (secondary N) is 1. The number of anilines is 2. The van der Waals surface area contributed by atoms with Crippen molar-refractivity contribution in [2.45, 2.75) is 20.3 Å². The number of carbonyl (C=O) groups excluding carboxylic acids is 1. The highest BCUT2D eigenvalue weighted by Gasteiger charge is 2.20. The standard InChI is InChI=1S/C16H16F2N2O/c1-3-10-6-4-5-9(2)15(10)20-16(21)13-11(17)7-8-12(19)14(13)18/h4-8H,3,19H2,1-2H3,(H,20,21). The Morgan fingerprint density at radius 3 is 2.62 bits per heavy atom. The molecule has 110 valence electrons. The summed E-state index contributed by atoms with van der Waals surface area (Å²) in [5, 5.41) is 2.58. The van der Waals surface area contributed by atoms with Crippen molar-refractivity contribution >= 4 is 17.3 Å². The van der Waals surface area contributed by atoms with Gasteiger partial charge in [-0.1, -0.05) is 25.1 Å². The first-order valence-corrected chi connectivity index (χ1v) is 6.59. The van der Waals surface area contributed by atoms with Crippen LogP contribution in [0.3, 0.4) is 0 Å². The minimum Gasteiger partial charge on any atom is -0.396 e. The van der Waals surface area contributed by atoms with Crippen molar-refractivity contribution < 1.29 is 13.6 Å². The number of carbonyl (C=O) groups is 1. The third kappa shape index (κ3) is 2.86. The van der Waals surface area contributed by atoms with E-state index in [1.54, 1.807) is 0 Å². The van der Waals surface area contributed by atoms with Gasteiger partial charge in [0.2, 0.25) is 0 Å². The molecule has 0 aliphatic carbocycles. The summed E-state index contributed by atoms with van der Waals surface area (Å²) >= 11 is 0. The van der Waals surface area contributed by atoms with Crippen molar-refractivity contribution in [2.24, 2.45) is 0 Å². The Kier molecular flexibility index (Phi) is 4.21. The van der Waals surface area contributed by atoms with Crippen molar-refractivity contribution in [3.63, 3.8) is 0 Å². The van der Waals surface area contributed by atoms with E-state index >= 15 is 0 Å². The lowest BCUT2D eigenvalue weighted by Crippen LogP contribution is -2.18. The maximum absolute atomic E-state index is 13.9. The summed E-state index contributed by atoms with van der Waals surface area (Å²) < 4.78 is 27.6. The van der Waals surface area contributed by atoms with E-state index in [2.05, 4.69) is 5.32 Å². The Bertz CT molecular complexity index is 699. The fraction of sp³-hybridized carbons (Fsp3) is 0.188. The second-order valence-corrected chi connectivity index (χ2v) is 4.74. The average Bonchev–Trinajstić information content (AvgIpc) is 2.45. The normalized spacial score (nSPS) is 10.5. The maximum Gasteiger partial charge on any atom is 0.261 e. The number of nitrogen functional groups attached to an aromatic ring is 1. The maximum atomic E-state index is 13.9. The minimum atomic E-state index is -1.04. The zero-order chi connectivity index (χ0) is 15.6. The van der Waals surface area contributed by atoms with Gasteiger partial charge in [0.25, 0.3) is 5.91 Å². The first-order valence-electron chi connectivity index (χ1n) is 6.59.